The summed E-state index contributed by atoms with van der Waals surface area (Å²) in [6, 6.07) is 4.56. The Hall–Kier alpha value is -1.92. The van der Waals surface area contributed by atoms with E-state index < -0.39 is 29.0 Å². The molecule has 1 heterocycles. The van der Waals surface area contributed by atoms with Crippen LogP contribution in [0.4, 0.5) is 18.0 Å². The van der Waals surface area contributed by atoms with Crippen molar-refractivity contribution in [3.05, 3.63) is 29.8 Å². The van der Waals surface area contributed by atoms with Gasteiger partial charge in [0.25, 0.3) is 0 Å². The third kappa shape index (κ3) is 4.79. The monoisotopic (exact) mass is 345 g/mol. The van der Waals surface area contributed by atoms with E-state index in [0.717, 1.165) is 12.1 Å². The topological polar surface area (TPSA) is 38.8 Å². The molecule has 134 valence electrons. The molecule has 0 saturated carbocycles. The number of carbonyl (C=O) groups is 1. The zero-order chi connectivity index (χ0) is 18.2. The summed E-state index contributed by atoms with van der Waals surface area (Å²) in [7, 11) is 0. The lowest BCUT2D eigenvalue weighted by molar-refractivity contribution is -0.137. The van der Waals surface area contributed by atoms with Crippen LogP contribution in [-0.4, -0.2) is 35.3 Å². The quantitative estimate of drug-likeness (QED) is 0.793. The fourth-order valence-corrected chi connectivity index (χ4v) is 2.50. The van der Waals surface area contributed by atoms with Gasteiger partial charge in [-0.25, -0.2) is 4.79 Å². The zero-order valence-corrected chi connectivity index (χ0v) is 14.2. The van der Waals surface area contributed by atoms with Crippen molar-refractivity contribution in [3.63, 3.8) is 0 Å². The SMILES string of the molecule is CC(C)(C)OC(=O)N1CCC(C)(Oc2ccc(C(F)(F)F)cc2)C1. The van der Waals surface area contributed by atoms with Crippen molar-refractivity contribution < 1.29 is 27.4 Å². The maximum absolute atomic E-state index is 12.6. The number of alkyl halides is 3. The van der Waals surface area contributed by atoms with Crippen LogP contribution in [0.15, 0.2) is 24.3 Å². The van der Waals surface area contributed by atoms with E-state index in [1.165, 1.54) is 12.1 Å². The van der Waals surface area contributed by atoms with Crippen molar-refractivity contribution in [2.24, 2.45) is 0 Å². The van der Waals surface area contributed by atoms with Gasteiger partial charge in [0, 0.05) is 13.0 Å². The molecule has 0 N–H and O–H groups in total. The molecule has 1 fully saturated rings. The van der Waals surface area contributed by atoms with Gasteiger partial charge in [0.2, 0.25) is 0 Å². The maximum atomic E-state index is 12.6. The van der Waals surface area contributed by atoms with Crippen LogP contribution in [0.3, 0.4) is 0 Å². The molecule has 0 spiro atoms. The highest BCUT2D eigenvalue weighted by molar-refractivity contribution is 5.68. The molecule has 1 saturated heterocycles. The minimum Gasteiger partial charge on any atom is -0.486 e. The summed E-state index contributed by atoms with van der Waals surface area (Å²) in [6.45, 7) is 8.00. The molecular formula is C17H22F3NO3. The van der Waals surface area contributed by atoms with E-state index >= 15 is 0 Å². The summed E-state index contributed by atoms with van der Waals surface area (Å²) in [5.41, 5.74) is -1.96. The van der Waals surface area contributed by atoms with Crippen molar-refractivity contribution in [1.82, 2.24) is 4.90 Å². The molecule has 24 heavy (non-hydrogen) atoms. The molecule has 1 unspecified atom stereocenters. The first-order chi connectivity index (χ1) is 10.9. The lowest BCUT2D eigenvalue weighted by Crippen LogP contribution is -2.40. The molecule has 0 aliphatic carbocycles. The molecule has 2 rings (SSSR count). The van der Waals surface area contributed by atoms with E-state index in [1.54, 1.807) is 25.7 Å². The van der Waals surface area contributed by atoms with Gasteiger partial charge < -0.3 is 14.4 Å². The van der Waals surface area contributed by atoms with E-state index in [-0.39, 0.29) is 0 Å². The summed E-state index contributed by atoms with van der Waals surface area (Å²) >= 11 is 0. The van der Waals surface area contributed by atoms with Gasteiger partial charge in [-0.1, -0.05) is 0 Å². The highest BCUT2D eigenvalue weighted by Gasteiger charge is 2.40. The Morgan fingerprint density at radius 2 is 1.75 bits per heavy atom. The Bertz CT molecular complexity index is 593. The van der Waals surface area contributed by atoms with Crippen LogP contribution in [0, 0.1) is 0 Å². The summed E-state index contributed by atoms with van der Waals surface area (Å²) in [6.07, 6.45) is -4.21. The molecule has 1 aromatic rings. The first kappa shape index (κ1) is 18.4. The van der Waals surface area contributed by atoms with Gasteiger partial charge in [0.1, 0.15) is 17.0 Å². The molecule has 1 aliphatic heterocycles. The molecule has 0 bridgehead atoms. The Kier molecular flexibility index (Phi) is 4.74. The van der Waals surface area contributed by atoms with Crippen LogP contribution < -0.4 is 4.74 Å². The maximum Gasteiger partial charge on any atom is 0.416 e. The lowest BCUT2D eigenvalue weighted by atomic mass is 10.1. The Morgan fingerprint density at radius 1 is 1.17 bits per heavy atom. The van der Waals surface area contributed by atoms with Crippen molar-refractivity contribution in [2.45, 2.75) is 51.5 Å². The highest BCUT2D eigenvalue weighted by Crippen LogP contribution is 2.33. The Morgan fingerprint density at radius 3 is 2.25 bits per heavy atom. The van der Waals surface area contributed by atoms with E-state index in [9.17, 15) is 18.0 Å². The standard InChI is InChI=1S/C17H22F3NO3/c1-15(2,3)24-14(22)21-10-9-16(4,11-21)23-13-7-5-12(6-8-13)17(18,19)20/h5-8H,9-11H2,1-4H3. The molecule has 7 heteroatoms. The molecule has 0 radical (unpaired) electrons. The third-order valence-corrected chi connectivity index (χ3v) is 3.63. The molecule has 1 aromatic carbocycles. The molecule has 4 nitrogen and oxygen atoms in total. The van der Waals surface area contributed by atoms with Gasteiger partial charge >= 0.3 is 12.3 Å². The number of rotatable bonds is 2. The number of hydrogen-bond acceptors (Lipinski definition) is 3. The normalized spacial score (nSPS) is 21.7. The van der Waals surface area contributed by atoms with E-state index in [2.05, 4.69) is 0 Å². The van der Waals surface area contributed by atoms with Gasteiger partial charge in [-0.3, -0.25) is 0 Å². The number of carbonyl (C=O) groups excluding carboxylic acids is 1. The summed E-state index contributed by atoms with van der Waals surface area (Å²) < 4.78 is 48.9. The second-order valence-corrected chi connectivity index (χ2v) is 7.23. The van der Waals surface area contributed by atoms with E-state index in [4.69, 9.17) is 9.47 Å². The molecular weight excluding hydrogens is 323 g/mol. The third-order valence-electron chi connectivity index (χ3n) is 3.63. The molecule has 1 aliphatic rings. The average Bonchev–Trinajstić information content (AvgIpc) is 2.79. The largest absolute Gasteiger partial charge is 0.486 e. The van der Waals surface area contributed by atoms with Crippen LogP contribution in [0.5, 0.6) is 5.75 Å². The van der Waals surface area contributed by atoms with Crippen LogP contribution in [0.1, 0.15) is 39.7 Å². The van der Waals surface area contributed by atoms with Crippen LogP contribution in [-0.2, 0) is 10.9 Å². The highest BCUT2D eigenvalue weighted by atomic mass is 19.4. The summed E-state index contributed by atoms with van der Waals surface area (Å²) in [5.74, 6) is 0.344. The van der Waals surface area contributed by atoms with Gasteiger partial charge in [-0.05, 0) is 52.0 Å². The van der Waals surface area contributed by atoms with Gasteiger partial charge in [-0.2, -0.15) is 13.2 Å². The van der Waals surface area contributed by atoms with Crippen molar-refractivity contribution in [3.8, 4) is 5.75 Å². The molecule has 0 aromatic heterocycles. The lowest BCUT2D eigenvalue weighted by Gasteiger charge is -2.28. The Balaban J connectivity index is 1.99. The van der Waals surface area contributed by atoms with E-state index in [0.29, 0.717) is 25.3 Å². The van der Waals surface area contributed by atoms with E-state index in [1.807, 2.05) is 6.92 Å². The summed E-state index contributed by atoms with van der Waals surface area (Å²) in [4.78, 5) is 13.6. The molecule has 1 atom stereocenters. The predicted molar refractivity (Wildman–Crippen MR) is 82.9 cm³/mol. The first-order valence-corrected chi connectivity index (χ1v) is 7.72. The number of hydrogen-bond donors (Lipinski definition) is 0. The Labute approximate surface area is 139 Å². The smallest absolute Gasteiger partial charge is 0.416 e. The van der Waals surface area contributed by atoms with Crippen LogP contribution in [0.25, 0.3) is 0 Å². The number of halogens is 3. The second kappa shape index (κ2) is 6.18. The minimum atomic E-state index is -4.37. The van der Waals surface area contributed by atoms with Gasteiger partial charge in [0.15, 0.2) is 0 Å². The summed E-state index contributed by atoms with van der Waals surface area (Å²) in [5, 5.41) is 0. The number of benzene rings is 1. The zero-order valence-electron chi connectivity index (χ0n) is 14.2. The van der Waals surface area contributed by atoms with Gasteiger partial charge in [0.05, 0.1) is 12.1 Å². The van der Waals surface area contributed by atoms with Crippen molar-refractivity contribution >= 4 is 6.09 Å². The van der Waals surface area contributed by atoms with Crippen molar-refractivity contribution in [1.29, 1.82) is 0 Å². The first-order valence-electron chi connectivity index (χ1n) is 7.72. The van der Waals surface area contributed by atoms with Crippen LogP contribution in [0.2, 0.25) is 0 Å². The fourth-order valence-electron chi connectivity index (χ4n) is 2.50. The molecule has 1 amide bonds. The number of nitrogens with zero attached hydrogens (tertiary/aromatic N) is 1. The number of amides is 1. The number of ether oxygens (including phenoxy) is 2. The number of likely N-dealkylation sites (tertiary alicyclic amines) is 1. The fraction of sp³-hybridized carbons (Fsp3) is 0.588. The average molecular weight is 345 g/mol. The van der Waals surface area contributed by atoms with Crippen LogP contribution >= 0.6 is 0 Å². The second-order valence-electron chi connectivity index (χ2n) is 7.23. The van der Waals surface area contributed by atoms with Crippen molar-refractivity contribution in [2.75, 3.05) is 13.1 Å². The predicted octanol–water partition coefficient (Wildman–Crippen LogP) is 4.48. The van der Waals surface area contributed by atoms with Gasteiger partial charge in [-0.15, -0.1) is 0 Å². The minimum absolute atomic E-state index is 0.322.